The fourth-order valence-electron chi connectivity index (χ4n) is 3.00. The van der Waals surface area contributed by atoms with Gasteiger partial charge in [0.15, 0.2) is 0 Å². The quantitative estimate of drug-likeness (QED) is 0.356. The number of fused-ring (bicyclic) bond motifs is 1. The summed E-state index contributed by atoms with van der Waals surface area (Å²) in [6.07, 6.45) is 3.02. The van der Waals surface area contributed by atoms with Gasteiger partial charge >= 0.3 is 5.97 Å². The van der Waals surface area contributed by atoms with E-state index in [1.165, 1.54) is 36.4 Å². The molecule has 0 aliphatic carbocycles. The predicted octanol–water partition coefficient (Wildman–Crippen LogP) is 4.71. The Morgan fingerprint density at radius 1 is 0.906 bits per heavy atom. The van der Waals surface area contributed by atoms with Crippen LogP contribution in [0.1, 0.15) is 17.4 Å². The highest BCUT2D eigenvalue weighted by Crippen LogP contribution is 2.21. The molecule has 0 spiro atoms. The van der Waals surface area contributed by atoms with Crippen molar-refractivity contribution in [3.63, 3.8) is 0 Å². The maximum atomic E-state index is 13.1. The summed E-state index contributed by atoms with van der Waals surface area (Å²) in [6.45, 7) is 0. The summed E-state index contributed by atoms with van der Waals surface area (Å²) in [4.78, 5) is 34.0. The molecular weight excluding hydrogens is 409 g/mol. The lowest BCUT2D eigenvalue weighted by atomic mass is 10.1. The molecule has 1 N–H and O–H groups in total. The Kier molecular flexibility index (Phi) is 6.27. The van der Waals surface area contributed by atoms with Gasteiger partial charge in [-0.15, -0.1) is 0 Å². The first-order valence-electron chi connectivity index (χ1n) is 9.80. The van der Waals surface area contributed by atoms with Crippen LogP contribution in [0.2, 0.25) is 0 Å². The van der Waals surface area contributed by atoms with Crippen molar-refractivity contribution in [3.05, 3.63) is 108 Å². The van der Waals surface area contributed by atoms with Gasteiger partial charge in [0, 0.05) is 17.3 Å². The molecule has 1 amide bonds. The number of nitrogens with zero attached hydrogens (tertiary/aromatic N) is 2. The minimum atomic E-state index is -1.19. The fraction of sp³-hybridized carbons (Fsp3) is 0.0400. The maximum absolute atomic E-state index is 13.1. The number of hydrogen-bond acceptors (Lipinski definition) is 5. The molecule has 1 unspecified atom stereocenters. The molecule has 1 aromatic heterocycles. The summed E-state index contributed by atoms with van der Waals surface area (Å²) in [6, 6.07) is 21.3. The average molecular weight is 427 g/mol. The summed E-state index contributed by atoms with van der Waals surface area (Å²) in [5.41, 5.74) is 2.81. The van der Waals surface area contributed by atoms with Gasteiger partial charge in [0.05, 0.1) is 22.9 Å². The van der Waals surface area contributed by atoms with Crippen molar-refractivity contribution >= 4 is 34.7 Å². The van der Waals surface area contributed by atoms with Crippen LogP contribution in [0.5, 0.6) is 0 Å². The Balaban J connectivity index is 1.50. The minimum Gasteiger partial charge on any atom is -0.444 e. The first-order valence-corrected chi connectivity index (χ1v) is 9.80. The summed E-state index contributed by atoms with van der Waals surface area (Å²) >= 11 is 0. The molecular formula is C25H18FN3O3. The largest absolute Gasteiger partial charge is 0.444 e. The molecule has 3 aromatic carbocycles. The molecule has 0 saturated heterocycles. The number of nitrogens with one attached hydrogen (secondary N) is 1. The number of amides is 1. The molecule has 6 nitrogen and oxygen atoms in total. The standard InChI is InChI=1S/C25H18FN3O3/c26-18-10-12-19(13-11-18)29-25(31)24(17-6-2-1-3-7-17)32-23(30)15-14-20-16-27-21-8-4-5-9-22(21)28-20/h1-16,24H,(H,29,31)/b15-14+. The molecule has 1 heterocycles. The van der Waals surface area contributed by atoms with Gasteiger partial charge in [-0.25, -0.2) is 14.2 Å². The third-order valence-corrected chi connectivity index (χ3v) is 4.54. The summed E-state index contributed by atoms with van der Waals surface area (Å²) in [5, 5.41) is 2.64. The van der Waals surface area contributed by atoms with E-state index in [4.69, 9.17) is 4.74 Å². The lowest BCUT2D eigenvalue weighted by Gasteiger charge is -2.17. The highest BCUT2D eigenvalue weighted by Gasteiger charge is 2.24. The second-order valence-electron chi connectivity index (χ2n) is 6.84. The van der Waals surface area contributed by atoms with Crippen molar-refractivity contribution in [2.24, 2.45) is 0 Å². The van der Waals surface area contributed by atoms with E-state index in [2.05, 4.69) is 15.3 Å². The van der Waals surface area contributed by atoms with Crippen LogP contribution in [0.4, 0.5) is 10.1 Å². The predicted molar refractivity (Wildman–Crippen MR) is 119 cm³/mol. The Morgan fingerprint density at radius 2 is 1.59 bits per heavy atom. The van der Waals surface area contributed by atoms with Crippen molar-refractivity contribution in [1.29, 1.82) is 0 Å². The second-order valence-corrected chi connectivity index (χ2v) is 6.84. The highest BCUT2D eigenvalue weighted by atomic mass is 19.1. The van der Waals surface area contributed by atoms with Crippen molar-refractivity contribution in [2.45, 2.75) is 6.10 Å². The topological polar surface area (TPSA) is 81.2 Å². The molecule has 158 valence electrons. The molecule has 0 saturated carbocycles. The molecule has 0 bridgehead atoms. The molecule has 0 aliphatic heterocycles. The van der Waals surface area contributed by atoms with Crippen molar-refractivity contribution < 1.29 is 18.7 Å². The number of carbonyl (C=O) groups is 2. The smallest absolute Gasteiger partial charge is 0.331 e. The monoisotopic (exact) mass is 427 g/mol. The van der Waals surface area contributed by atoms with E-state index in [0.29, 0.717) is 22.5 Å². The first kappa shape index (κ1) is 20.9. The Morgan fingerprint density at radius 3 is 2.34 bits per heavy atom. The zero-order chi connectivity index (χ0) is 22.3. The Bertz CT molecular complexity index is 1270. The number of benzene rings is 3. The van der Waals surface area contributed by atoms with Gasteiger partial charge in [0.1, 0.15) is 5.82 Å². The molecule has 1 atom stereocenters. The normalized spacial score (nSPS) is 11.9. The number of rotatable bonds is 6. The second kappa shape index (κ2) is 9.61. The van der Waals surface area contributed by atoms with Crippen LogP contribution in [0.3, 0.4) is 0 Å². The van der Waals surface area contributed by atoms with Gasteiger partial charge < -0.3 is 10.1 Å². The zero-order valence-electron chi connectivity index (χ0n) is 16.8. The first-order chi connectivity index (χ1) is 15.6. The third kappa shape index (κ3) is 5.20. The fourth-order valence-corrected chi connectivity index (χ4v) is 3.00. The van der Waals surface area contributed by atoms with Crippen LogP contribution in [0, 0.1) is 5.82 Å². The number of ether oxygens (including phenoxy) is 1. The van der Waals surface area contributed by atoms with E-state index in [9.17, 15) is 14.0 Å². The van der Waals surface area contributed by atoms with Crippen molar-refractivity contribution in [3.8, 4) is 0 Å². The van der Waals surface area contributed by atoms with Crippen LogP contribution in [0.15, 0.2) is 91.1 Å². The molecule has 32 heavy (non-hydrogen) atoms. The average Bonchev–Trinajstić information content (AvgIpc) is 2.83. The number of hydrogen-bond donors (Lipinski definition) is 1. The van der Waals surface area contributed by atoms with Crippen LogP contribution >= 0.6 is 0 Å². The third-order valence-electron chi connectivity index (χ3n) is 4.54. The number of halogens is 1. The van der Waals surface area contributed by atoms with Gasteiger partial charge in [-0.05, 0) is 42.5 Å². The van der Waals surface area contributed by atoms with E-state index >= 15 is 0 Å². The van der Waals surface area contributed by atoms with Crippen LogP contribution in [0.25, 0.3) is 17.1 Å². The number of esters is 1. The van der Waals surface area contributed by atoms with Crippen LogP contribution in [-0.2, 0) is 14.3 Å². The minimum absolute atomic E-state index is 0.385. The Labute approximate surface area is 183 Å². The number of carbonyl (C=O) groups excluding carboxylic acids is 2. The molecule has 0 aliphatic rings. The number of para-hydroxylation sites is 2. The van der Waals surface area contributed by atoms with Crippen molar-refractivity contribution in [1.82, 2.24) is 9.97 Å². The van der Waals surface area contributed by atoms with Crippen molar-refractivity contribution in [2.75, 3.05) is 5.32 Å². The highest BCUT2D eigenvalue weighted by molar-refractivity contribution is 5.97. The summed E-state index contributed by atoms with van der Waals surface area (Å²) in [5.74, 6) is -1.70. The van der Waals surface area contributed by atoms with E-state index in [1.807, 2.05) is 24.3 Å². The number of anilines is 1. The van der Waals surface area contributed by atoms with Gasteiger partial charge in [-0.1, -0.05) is 42.5 Å². The summed E-state index contributed by atoms with van der Waals surface area (Å²) in [7, 11) is 0. The molecule has 4 aromatic rings. The lowest BCUT2D eigenvalue weighted by Crippen LogP contribution is -2.25. The Hall–Kier alpha value is -4.39. The molecule has 7 heteroatoms. The van der Waals surface area contributed by atoms with Crippen LogP contribution < -0.4 is 5.32 Å². The van der Waals surface area contributed by atoms with E-state index in [1.54, 1.807) is 36.5 Å². The van der Waals surface area contributed by atoms with Gasteiger partial charge in [-0.3, -0.25) is 9.78 Å². The molecule has 0 fully saturated rings. The molecule has 0 radical (unpaired) electrons. The van der Waals surface area contributed by atoms with Gasteiger partial charge in [0.2, 0.25) is 6.10 Å². The zero-order valence-corrected chi connectivity index (χ0v) is 16.8. The lowest BCUT2D eigenvalue weighted by molar-refractivity contribution is -0.149. The SMILES string of the molecule is O=C(/C=C/c1cnc2ccccc2n1)OC(C(=O)Nc1ccc(F)cc1)c1ccccc1. The van der Waals surface area contributed by atoms with Gasteiger partial charge in [-0.2, -0.15) is 0 Å². The summed E-state index contributed by atoms with van der Waals surface area (Å²) < 4.78 is 18.6. The number of aromatic nitrogens is 2. The maximum Gasteiger partial charge on any atom is 0.331 e. The van der Waals surface area contributed by atoms with E-state index < -0.39 is 23.8 Å². The van der Waals surface area contributed by atoms with E-state index in [0.717, 1.165) is 5.52 Å². The molecule has 4 rings (SSSR count). The van der Waals surface area contributed by atoms with E-state index in [-0.39, 0.29) is 0 Å². The van der Waals surface area contributed by atoms with Crippen LogP contribution in [-0.4, -0.2) is 21.8 Å². The van der Waals surface area contributed by atoms with Gasteiger partial charge in [0.25, 0.3) is 5.91 Å².